The first-order valence-corrected chi connectivity index (χ1v) is 9.05. The van der Waals surface area contributed by atoms with Gasteiger partial charge in [0, 0.05) is 13.1 Å². The van der Waals surface area contributed by atoms with E-state index in [9.17, 15) is 8.42 Å². The summed E-state index contributed by atoms with van der Waals surface area (Å²) >= 11 is 0. The number of nitrogens with zero attached hydrogens (tertiary/aromatic N) is 1. The third kappa shape index (κ3) is 12.1. The molecule has 1 aromatic carbocycles. The summed E-state index contributed by atoms with van der Waals surface area (Å²) < 4.78 is 29.8. The van der Waals surface area contributed by atoms with Crippen LogP contribution < -0.4 is 20.1 Å². The average molecular weight is 456 g/mol. The van der Waals surface area contributed by atoms with Gasteiger partial charge in [-0.1, -0.05) is 18.2 Å². The van der Waals surface area contributed by atoms with Crippen molar-refractivity contribution < 1.29 is 13.2 Å². The van der Waals surface area contributed by atoms with Crippen molar-refractivity contribution in [1.82, 2.24) is 15.4 Å². The average Bonchev–Trinajstić information content (AvgIpc) is 2.48. The number of nitrogens with one attached hydrogen (secondary N) is 3. The molecule has 1 rings (SSSR count). The number of sulfonamides is 1. The topological polar surface area (TPSA) is 91.8 Å². The maximum absolute atomic E-state index is 10.9. The lowest BCUT2D eigenvalue weighted by Crippen LogP contribution is -2.40. The quantitative estimate of drug-likeness (QED) is 0.221. The first kappa shape index (κ1) is 21.9. The number of hydrogen-bond acceptors (Lipinski definition) is 4. The summed E-state index contributed by atoms with van der Waals surface area (Å²) in [6.45, 7) is 4.44. The van der Waals surface area contributed by atoms with Crippen LogP contribution in [0.1, 0.15) is 6.92 Å². The fourth-order valence-corrected chi connectivity index (χ4v) is 2.06. The van der Waals surface area contributed by atoms with Gasteiger partial charge in [0.05, 0.1) is 19.3 Å². The van der Waals surface area contributed by atoms with Crippen LogP contribution in [-0.2, 0) is 10.0 Å². The summed E-state index contributed by atoms with van der Waals surface area (Å²) in [4.78, 5) is 4.27. The molecule has 3 N–H and O–H groups in total. The Kier molecular flexibility index (Phi) is 11.8. The zero-order valence-corrected chi connectivity index (χ0v) is 16.6. The van der Waals surface area contributed by atoms with E-state index in [0.717, 1.165) is 18.6 Å². The van der Waals surface area contributed by atoms with E-state index in [4.69, 9.17) is 4.74 Å². The highest BCUT2D eigenvalue weighted by molar-refractivity contribution is 14.0. The van der Waals surface area contributed by atoms with Crippen molar-refractivity contribution in [2.75, 3.05) is 39.0 Å². The molecule has 0 unspecified atom stereocenters. The molecule has 0 spiro atoms. The maximum Gasteiger partial charge on any atom is 0.208 e. The molecule has 0 heterocycles. The van der Waals surface area contributed by atoms with Crippen LogP contribution in [0.5, 0.6) is 5.75 Å². The van der Waals surface area contributed by atoms with E-state index in [0.29, 0.717) is 25.7 Å². The zero-order valence-electron chi connectivity index (χ0n) is 13.4. The lowest BCUT2D eigenvalue weighted by Gasteiger charge is -2.12. The Morgan fingerprint density at radius 1 is 1.17 bits per heavy atom. The third-order valence-electron chi connectivity index (χ3n) is 2.50. The van der Waals surface area contributed by atoms with E-state index in [1.54, 1.807) is 0 Å². The van der Waals surface area contributed by atoms with Crippen LogP contribution in [0.15, 0.2) is 35.3 Å². The van der Waals surface area contributed by atoms with Crippen LogP contribution in [0.4, 0.5) is 0 Å². The second kappa shape index (κ2) is 12.4. The number of guanidine groups is 1. The molecule has 0 aliphatic rings. The van der Waals surface area contributed by atoms with E-state index in [-0.39, 0.29) is 30.5 Å². The van der Waals surface area contributed by atoms with Crippen LogP contribution in [0, 0.1) is 0 Å². The highest BCUT2D eigenvalue weighted by Gasteiger charge is 2.00. The van der Waals surface area contributed by atoms with E-state index in [1.165, 1.54) is 0 Å². The number of ether oxygens (including phenoxy) is 1. The van der Waals surface area contributed by atoms with E-state index in [1.807, 2.05) is 37.3 Å². The molecular formula is C14H25IN4O3S. The lowest BCUT2D eigenvalue weighted by molar-refractivity contribution is 0.322. The van der Waals surface area contributed by atoms with Gasteiger partial charge in [0.2, 0.25) is 10.0 Å². The van der Waals surface area contributed by atoms with Crippen molar-refractivity contribution >= 4 is 40.0 Å². The van der Waals surface area contributed by atoms with Crippen LogP contribution >= 0.6 is 24.0 Å². The summed E-state index contributed by atoms with van der Waals surface area (Å²) in [6, 6.07) is 9.57. The monoisotopic (exact) mass is 456 g/mol. The number of benzene rings is 1. The molecule has 0 aliphatic heterocycles. The Balaban J connectivity index is 0.00000484. The number of hydrogen-bond donors (Lipinski definition) is 3. The molecule has 0 aliphatic carbocycles. The molecule has 0 radical (unpaired) electrons. The molecule has 1 aromatic rings. The maximum atomic E-state index is 10.9. The smallest absolute Gasteiger partial charge is 0.208 e. The normalized spacial score (nSPS) is 11.5. The highest BCUT2D eigenvalue weighted by atomic mass is 127. The van der Waals surface area contributed by atoms with Gasteiger partial charge in [-0.2, -0.15) is 0 Å². The van der Waals surface area contributed by atoms with Gasteiger partial charge in [-0.15, -0.1) is 24.0 Å². The molecule has 9 heteroatoms. The summed E-state index contributed by atoms with van der Waals surface area (Å²) in [6.07, 6.45) is 1.13. The van der Waals surface area contributed by atoms with E-state index in [2.05, 4.69) is 20.3 Å². The van der Waals surface area contributed by atoms with Gasteiger partial charge in [-0.05, 0) is 19.1 Å². The molecule has 0 amide bonds. The third-order valence-corrected chi connectivity index (χ3v) is 3.23. The molecule has 0 fully saturated rings. The molecule has 0 aromatic heterocycles. The van der Waals surface area contributed by atoms with Crippen molar-refractivity contribution in [3.63, 3.8) is 0 Å². The highest BCUT2D eigenvalue weighted by Crippen LogP contribution is 2.07. The van der Waals surface area contributed by atoms with Crippen LogP contribution in [0.2, 0.25) is 0 Å². The Labute approximate surface area is 155 Å². The molecule has 23 heavy (non-hydrogen) atoms. The predicted molar refractivity (Wildman–Crippen MR) is 104 cm³/mol. The fraction of sp³-hybridized carbons (Fsp3) is 0.500. The molecule has 0 saturated carbocycles. The van der Waals surface area contributed by atoms with Gasteiger partial charge in [-0.25, -0.2) is 13.1 Å². The number of aliphatic imine (C=N–C) groups is 1. The van der Waals surface area contributed by atoms with E-state index >= 15 is 0 Å². The molecule has 0 saturated heterocycles. The minimum absolute atomic E-state index is 0. The standard InChI is InChI=1S/C14H24N4O3S.HI/c1-3-15-14(16-9-10-18-22(2,19)20)17-11-12-21-13-7-5-4-6-8-13;/h4-8,18H,3,9-12H2,1-2H3,(H2,15,16,17);1H. The van der Waals surface area contributed by atoms with Crippen LogP contribution in [-0.4, -0.2) is 53.4 Å². The number of halogens is 1. The van der Waals surface area contributed by atoms with Gasteiger partial charge in [-0.3, -0.25) is 4.99 Å². The Bertz CT molecular complexity index is 552. The van der Waals surface area contributed by atoms with Crippen molar-refractivity contribution in [2.45, 2.75) is 6.92 Å². The summed E-state index contributed by atoms with van der Waals surface area (Å²) in [5.41, 5.74) is 0. The Hall–Kier alpha value is -1.07. The summed E-state index contributed by atoms with van der Waals surface area (Å²) in [5.74, 6) is 1.46. The molecular weight excluding hydrogens is 431 g/mol. The largest absolute Gasteiger partial charge is 0.492 e. The van der Waals surface area contributed by atoms with Gasteiger partial charge in [0.1, 0.15) is 12.4 Å². The van der Waals surface area contributed by atoms with E-state index < -0.39 is 10.0 Å². The zero-order chi connectivity index (χ0) is 16.3. The van der Waals surface area contributed by atoms with Crippen molar-refractivity contribution in [3.8, 4) is 5.75 Å². The predicted octanol–water partition coefficient (Wildman–Crippen LogP) is 0.788. The molecule has 0 atom stereocenters. The fourth-order valence-electron chi connectivity index (χ4n) is 1.60. The first-order chi connectivity index (χ1) is 10.5. The Morgan fingerprint density at radius 3 is 2.48 bits per heavy atom. The number of para-hydroxylation sites is 1. The first-order valence-electron chi connectivity index (χ1n) is 7.16. The second-order valence-electron chi connectivity index (χ2n) is 4.52. The minimum Gasteiger partial charge on any atom is -0.492 e. The van der Waals surface area contributed by atoms with Gasteiger partial charge < -0.3 is 15.4 Å². The Morgan fingerprint density at radius 2 is 1.87 bits per heavy atom. The van der Waals surface area contributed by atoms with Gasteiger partial charge in [0.15, 0.2) is 5.96 Å². The molecule has 132 valence electrons. The van der Waals surface area contributed by atoms with Crippen molar-refractivity contribution in [1.29, 1.82) is 0 Å². The summed E-state index contributed by atoms with van der Waals surface area (Å²) in [5, 5.41) is 6.21. The van der Waals surface area contributed by atoms with Crippen LogP contribution in [0.3, 0.4) is 0 Å². The lowest BCUT2D eigenvalue weighted by atomic mass is 10.3. The molecule has 7 nitrogen and oxygen atoms in total. The van der Waals surface area contributed by atoms with Gasteiger partial charge in [0.25, 0.3) is 0 Å². The van der Waals surface area contributed by atoms with Crippen LogP contribution in [0.25, 0.3) is 0 Å². The van der Waals surface area contributed by atoms with Crippen molar-refractivity contribution in [3.05, 3.63) is 30.3 Å². The minimum atomic E-state index is -3.17. The number of rotatable bonds is 9. The van der Waals surface area contributed by atoms with Gasteiger partial charge >= 0.3 is 0 Å². The SMILES string of the molecule is CCNC(=NCCNS(C)(=O)=O)NCCOc1ccccc1.I. The molecule has 0 bridgehead atoms. The summed E-state index contributed by atoms with van der Waals surface area (Å²) in [7, 11) is -3.17. The van der Waals surface area contributed by atoms with Crippen molar-refractivity contribution in [2.24, 2.45) is 4.99 Å². The second-order valence-corrected chi connectivity index (χ2v) is 6.35.